The number of pyridine rings is 1. The largest absolute Gasteiger partial charge is 0.453 e. The Kier molecular flexibility index (Phi) is 5.47. The van der Waals surface area contributed by atoms with Gasteiger partial charge in [-0.3, -0.25) is 9.78 Å². The molecule has 0 aliphatic rings. The van der Waals surface area contributed by atoms with Gasteiger partial charge in [-0.05, 0) is 36.8 Å². The van der Waals surface area contributed by atoms with E-state index in [1.54, 1.807) is 56.7 Å². The third kappa shape index (κ3) is 4.36. The predicted molar refractivity (Wildman–Crippen MR) is 111 cm³/mol. The molecule has 0 bridgehead atoms. The molecule has 0 saturated heterocycles. The van der Waals surface area contributed by atoms with E-state index in [4.69, 9.17) is 0 Å². The van der Waals surface area contributed by atoms with Crippen LogP contribution in [0.3, 0.4) is 0 Å². The monoisotopic (exact) mass is 441 g/mol. The van der Waals surface area contributed by atoms with Crippen molar-refractivity contribution >= 4 is 23.2 Å². The predicted octanol–water partition coefficient (Wildman–Crippen LogP) is 3.74. The highest BCUT2D eigenvalue weighted by Crippen LogP contribution is 2.27. The molecule has 4 aromatic rings. The van der Waals surface area contributed by atoms with Gasteiger partial charge in [-0.1, -0.05) is 12.1 Å². The van der Waals surface area contributed by atoms with Crippen LogP contribution in [0.5, 0.6) is 0 Å². The Balaban J connectivity index is 1.49. The number of amides is 1. The molecular formula is C21H18F3N7O. The first-order valence-electron chi connectivity index (χ1n) is 9.55. The van der Waals surface area contributed by atoms with Gasteiger partial charge >= 0.3 is 6.18 Å². The van der Waals surface area contributed by atoms with Crippen LogP contribution in [-0.4, -0.2) is 37.5 Å². The second-order valence-electron chi connectivity index (χ2n) is 7.05. The summed E-state index contributed by atoms with van der Waals surface area (Å²) >= 11 is 0. The fourth-order valence-electron chi connectivity index (χ4n) is 3.07. The Morgan fingerprint density at radius 1 is 1.09 bits per heavy atom. The number of anilines is 2. The Morgan fingerprint density at radius 2 is 1.78 bits per heavy atom. The number of rotatable bonds is 5. The van der Waals surface area contributed by atoms with Crippen LogP contribution in [0.4, 0.5) is 24.7 Å². The number of halogens is 3. The van der Waals surface area contributed by atoms with Crippen LogP contribution in [0.25, 0.3) is 5.78 Å². The van der Waals surface area contributed by atoms with E-state index in [-0.39, 0.29) is 11.7 Å². The summed E-state index contributed by atoms with van der Waals surface area (Å²) in [7, 11) is 1.68. The number of fused-ring (bicyclic) bond motifs is 1. The number of nitrogens with zero attached hydrogens (tertiary/aromatic N) is 6. The quantitative estimate of drug-likeness (QED) is 0.508. The summed E-state index contributed by atoms with van der Waals surface area (Å²) in [4.78, 5) is 25.5. The summed E-state index contributed by atoms with van der Waals surface area (Å²) in [6.45, 7) is 1.99. The van der Waals surface area contributed by atoms with Crippen LogP contribution in [0.15, 0.2) is 54.9 Å². The molecule has 0 spiro atoms. The Hall–Kier alpha value is -4.02. The average Bonchev–Trinajstić information content (AvgIpc) is 3.22. The molecule has 0 radical (unpaired) electrons. The van der Waals surface area contributed by atoms with E-state index in [9.17, 15) is 18.0 Å². The summed E-state index contributed by atoms with van der Waals surface area (Å²) in [6, 6.07) is 12.1. The van der Waals surface area contributed by atoms with E-state index in [0.29, 0.717) is 29.3 Å². The van der Waals surface area contributed by atoms with Crippen molar-refractivity contribution in [1.82, 2.24) is 24.6 Å². The number of hydrogen-bond donors (Lipinski definition) is 1. The van der Waals surface area contributed by atoms with Gasteiger partial charge in [0.15, 0.2) is 0 Å². The summed E-state index contributed by atoms with van der Waals surface area (Å²) in [5, 5.41) is 6.60. The van der Waals surface area contributed by atoms with Crippen molar-refractivity contribution in [2.45, 2.75) is 19.6 Å². The van der Waals surface area contributed by atoms with Crippen molar-refractivity contribution in [3.05, 3.63) is 77.5 Å². The molecule has 3 aromatic heterocycles. The molecule has 1 amide bonds. The topological polar surface area (TPSA) is 88.3 Å². The molecule has 164 valence electrons. The first-order valence-corrected chi connectivity index (χ1v) is 9.55. The molecule has 3 heterocycles. The van der Waals surface area contributed by atoms with Gasteiger partial charge in [-0.15, -0.1) is 5.10 Å². The van der Waals surface area contributed by atoms with Gasteiger partial charge in [0, 0.05) is 49.0 Å². The number of nitrogens with one attached hydrogen (secondary N) is 1. The van der Waals surface area contributed by atoms with Crippen molar-refractivity contribution in [3.8, 4) is 0 Å². The minimum atomic E-state index is -4.66. The first-order chi connectivity index (χ1) is 15.2. The molecule has 0 fully saturated rings. The second-order valence-corrected chi connectivity index (χ2v) is 7.05. The SMILES string of the molecule is Cc1cc(NCc2ccc(N(C)C(=O)c3ccncc3)cc2)n2nc(C(F)(F)F)nc2n1. The number of carbonyl (C=O) groups is 1. The first kappa shape index (κ1) is 21.2. The maximum atomic E-state index is 13.0. The molecule has 0 unspecified atom stereocenters. The van der Waals surface area contributed by atoms with Crippen molar-refractivity contribution in [2.75, 3.05) is 17.3 Å². The lowest BCUT2D eigenvalue weighted by Gasteiger charge is -2.18. The zero-order chi connectivity index (χ0) is 22.9. The van der Waals surface area contributed by atoms with Crippen LogP contribution in [0.2, 0.25) is 0 Å². The number of benzene rings is 1. The molecule has 0 atom stereocenters. The lowest BCUT2D eigenvalue weighted by atomic mass is 10.1. The molecule has 32 heavy (non-hydrogen) atoms. The van der Waals surface area contributed by atoms with Crippen molar-refractivity contribution in [2.24, 2.45) is 0 Å². The average molecular weight is 441 g/mol. The van der Waals surface area contributed by atoms with E-state index < -0.39 is 12.0 Å². The van der Waals surface area contributed by atoms with Crippen molar-refractivity contribution in [3.63, 3.8) is 0 Å². The van der Waals surface area contributed by atoms with E-state index in [2.05, 4.69) is 25.4 Å². The number of carbonyl (C=O) groups excluding carboxylic acids is 1. The van der Waals surface area contributed by atoms with Crippen LogP contribution in [-0.2, 0) is 12.7 Å². The lowest BCUT2D eigenvalue weighted by molar-refractivity contribution is -0.144. The smallest absolute Gasteiger partial charge is 0.366 e. The van der Waals surface area contributed by atoms with Gasteiger partial charge in [0.1, 0.15) is 5.82 Å². The van der Waals surface area contributed by atoms with E-state index >= 15 is 0 Å². The van der Waals surface area contributed by atoms with Gasteiger partial charge in [0.2, 0.25) is 0 Å². The number of alkyl halides is 3. The third-order valence-corrected chi connectivity index (χ3v) is 4.72. The van der Waals surface area contributed by atoms with Gasteiger partial charge in [0.25, 0.3) is 17.5 Å². The van der Waals surface area contributed by atoms with E-state index in [1.165, 1.54) is 4.90 Å². The van der Waals surface area contributed by atoms with Crippen LogP contribution < -0.4 is 10.2 Å². The Morgan fingerprint density at radius 3 is 2.44 bits per heavy atom. The number of hydrogen-bond acceptors (Lipinski definition) is 6. The van der Waals surface area contributed by atoms with Crippen LogP contribution in [0, 0.1) is 6.92 Å². The molecule has 8 nitrogen and oxygen atoms in total. The zero-order valence-electron chi connectivity index (χ0n) is 17.1. The molecule has 0 aliphatic heterocycles. The molecule has 4 rings (SSSR count). The third-order valence-electron chi connectivity index (χ3n) is 4.72. The fraction of sp³-hybridized carbons (Fsp3) is 0.190. The van der Waals surface area contributed by atoms with Gasteiger partial charge < -0.3 is 10.2 Å². The minimum absolute atomic E-state index is 0.133. The maximum Gasteiger partial charge on any atom is 0.453 e. The standard InChI is InChI=1S/C21H18F3N7O/c1-13-11-17(31-20(27-13)28-19(29-31)21(22,23)24)26-12-14-3-5-16(6-4-14)30(2)18(32)15-7-9-25-10-8-15/h3-11,26H,12H2,1-2H3. The summed E-state index contributed by atoms with van der Waals surface area (Å²) in [5.74, 6) is -1.21. The van der Waals surface area contributed by atoms with E-state index in [1.807, 2.05) is 12.1 Å². The van der Waals surface area contributed by atoms with Gasteiger partial charge in [-0.25, -0.2) is 4.98 Å². The molecule has 0 saturated carbocycles. The molecule has 1 aromatic carbocycles. The number of aryl methyl sites for hydroxylation is 1. The maximum absolute atomic E-state index is 13.0. The van der Waals surface area contributed by atoms with Crippen LogP contribution in [0.1, 0.15) is 27.4 Å². The highest BCUT2D eigenvalue weighted by Gasteiger charge is 2.36. The summed E-state index contributed by atoms with van der Waals surface area (Å²) in [6.07, 6.45) is -1.55. The van der Waals surface area contributed by atoms with Gasteiger partial charge in [-0.2, -0.15) is 22.7 Å². The van der Waals surface area contributed by atoms with Crippen LogP contribution >= 0.6 is 0 Å². The van der Waals surface area contributed by atoms with Gasteiger partial charge in [0.05, 0.1) is 0 Å². The Bertz CT molecular complexity index is 1250. The number of aromatic nitrogens is 5. The molecular weight excluding hydrogens is 423 g/mol. The molecule has 1 N–H and O–H groups in total. The highest BCUT2D eigenvalue weighted by molar-refractivity contribution is 6.05. The molecule has 11 heteroatoms. The summed E-state index contributed by atoms with van der Waals surface area (Å²) < 4.78 is 39.9. The minimum Gasteiger partial charge on any atom is -0.366 e. The fourth-order valence-corrected chi connectivity index (χ4v) is 3.07. The van der Waals surface area contributed by atoms with E-state index in [0.717, 1.165) is 10.1 Å². The highest BCUT2D eigenvalue weighted by atomic mass is 19.4. The zero-order valence-corrected chi connectivity index (χ0v) is 17.1. The second kappa shape index (κ2) is 8.25. The molecule has 0 aliphatic carbocycles. The van der Waals surface area contributed by atoms with Crippen molar-refractivity contribution in [1.29, 1.82) is 0 Å². The summed E-state index contributed by atoms with van der Waals surface area (Å²) in [5.41, 5.74) is 2.59. The normalized spacial score (nSPS) is 11.5. The lowest BCUT2D eigenvalue weighted by Crippen LogP contribution is -2.26. The Labute approximate surface area is 180 Å². The van der Waals surface area contributed by atoms with Crippen molar-refractivity contribution < 1.29 is 18.0 Å².